The number of hydrogen-bond acceptors (Lipinski definition) is 5. The Morgan fingerprint density at radius 1 is 1.28 bits per heavy atom. The van der Waals surface area contributed by atoms with Crippen LogP contribution < -0.4 is 11.5 Å². The van der Waals surface area contributed by atoms with Crippen molar-refractivity contribution in [2.24, 2.45) is 5.73 Å². The SMILES string of the molecule is C#CCCCCC(N)C(=O)OC.C#CCCCCc1cnc(N)[nH]1.Cl. The number of nitrogens with zero attached hydrogens (tertiary/aromatic N) is 1. The third kappa shape index (κ3) is 13.9. The van der Waals surface area contributed by atoms with Crippen molar-refractivity contribution in [2.45, 2.75) is 57.4 Å². The van der Waals surface area contributed by atoms with Crippen LogP contribution in [0.25, 0.3) is 0 Å². The van der Waals surface area contributed by atoms with Crippen LogP contribution in [0.2, 0.25) is 0 Å². The predicted octanol–water partition coefficient (Wildman–Crippen LogP) is 2.44. The number of H-pyrrole nitrogens is 1. The number of aromatic amines is 1. The number of ether oxygens (including phenoxy) is 1. The minimum absolute atomic E-state index is 0. The Labute approximate surface area is 156 Å². The number of terminal acetylenes is 2. The minimum atomic E-state index is -0.493. The molecule has 0 amide bonds. The molecule has 0 spiro atoms. The summed E-state index contributed by atoms with van der Waals surface area (Å²) in [6, 6.07) is -0.493. The van der Waals surface area contributed by atoms with Crippen molar-refractivity contribution in [3.63, 3.8) is 0 Å². The number of rotatable bonds is 9. The standard InChI is InChI=1S/C9H13N3.C9H15NO2.ClH/c1-2-3-4-5-6-8-7-11-9(10)12-8;1-3-4-5-6-7-8(10)9(11)12-2;/h1,7H,3-6H2,(H3,10,11,12);1,8H,4-7,10H2,2H3;1H. The van der Waals surface area contributed by atoms with Crippen LogP contribution in [-0.2, 0) is 16.0 Å². The quantitative estimate of drug-likeness (QED) is 0.352. The Morgan fingerprint density at radius 3 is 2.36 bits per heavy atom. The van der Waals surface area contributed by atoms with E-state index >= 15 is 0 Å². The van der Waals surface area contributed by atoms with Crippen molar-refractivity contribution in [2.75, 3.05) is 12.8 Å². The molecule has 140 valence electrons. The Bertz CT molecular complexity index is 546. The fourth-order valence-corrected chi connectivity index (χ4v) is 1.91. The highest BCUT2D eigenvalue weighted by Gasteiger charge is 2.11. The fraction of sp³-hybridized carbons (Fsp3) is 0.556. The van der Waals surface area contributed by atoms with Gasteiger partial charge in [-0.25, -0.2) is 4.98 Å². The summed E-state index contributed by atoms with van der Waals surface area (Å²) >= 11 is 0. The lowest BCUT2D eigenvalue weighted by atomic mass is 10.1. The molecule has 0 fully saturated rings. The van der Waals surface area contributed by atoms with Gasteiger partial charge in [-0.3, -0.25) is 4.79 Å². The van der Waals surface area contributed by atoms with E-state index in [9.17, 15) is 4.79 Å². The average Bonchev–Trinajstić information content (AvgIpc) is 3.00. The van der Waals surface area contributed by atoms with Crippen LogP contribution in [-0.4, -0.2) is 29.1 Å². The van der Waals surface area contributed by atoms with Gasteiger partial charge in [0.15, 0.2) is 5.95 Å². The summed E-state index contributed by atoms with van der Waals surface area (Å²) in [6.07, 6.45) is 19.1. The maximum atomic E-state index is 10.8. The Hall–Kier alpha value is -2.15. The topological polar surface area (TPSA) is 107 Å². The van der Waals surface area contributed by atoms with E-state index in [2.05, 4.69) is 26.5 Å². The normalized spacial score (nSPS) is 10.2. The largest absolute Gasteiger partial charge is 0.468 e. The smallest absolute Gasteiger partial charge is 0.322 e. The van der Waals surface area contributed by atoms with Crippen molar-refractivity contribution in [3.8, 4) is 24.7 Å². The zero-order valence-electron chi connectivity index (χ0n) is 14.8. The van der Waals surface area contributed by atoms with Crippen LogP contribution in [0, 0.1) is 24.7 Å². The zero-order valence-corrected chi connectivity index (χ0v) is 15.6. The molecule has 7 heteroatoms. The molecule has 0 aliphatic rings. The molecule has 1 atom stereocenters. The molecule has 0 aliphatic heterocycles. The Balaban J connectivity index is 0. The number of hydrogen-bond donors (Lipinski definition) is 3. The molecule has 0 aliphatic carbocycles. The molecule has 1 aromatic heterocycles. The van der Waals surface area contributed by atoms with E-state index in [4.69, 9.17) is 24.3 Å². The van der Waals surface area contributed by atoms with Crippen LogP contribution in [0.3, 0.4) is 0 Å². The average molecular weight is 369 g/mol. The lowest BCUT2D eigenvalue weighted by Crippen LogP contribution is -2.31. The van der Waals surface area contributed by atoms with Crippen LogP contribution in [0.5, 0.6) is 0 Å². The highest BCUT2D eigenvalue weighted by atomic mass is 35.5. The third-order valence-electron chi connectivity index (χ3n) is 3.26. The molecule has 0 saturated carbocycles. The summed E-state index contributed by atoms with van der Waals surface area (Å²) in [5, 5.41) is 0. The van der Waals surface area contributed by atoms with Crippen LogP contribution in [0.15, 0.2) is 6.20 Å². The Morgan fingerprint density at radius 2 is 1.88 bits per heavy atom. The van der Waals surface area contributed by atoms with Gasteiger partial charge in [0.05, 0.1) is 13.3 Å². The first-order valence-corrected chi connectivity index (χ1v) is 8.04. The van der Waals surface area contributed by atoms with Gasteiger partial charge in [-0.2, -0.15) is 0 Å². The highest BCUT2D eigenvalue weighted by Crippen LogP contribution is 2.04. The van der Waals surface area contributed by atoms with Crippen molar-refractivity contribution >= 4 is 24.3 Å². The number of esters is 1. The number of nitrogens with two attached hydrogens (primary N) is 2. The molecule has 0 saturated heterocycles. The number of halogens is 1. The van der Waals surface area contributed by atoms with Gasteiger partial charge in [-0.15, -0.1) is 37.1 Å². The molecule has 5 N–H and O–H groups in total. The zero-order chi connectivity index (χ0) is 18.2. The number of aromatic nitrogens is 2. The summed E-state index contributed by atoms with van der Waals surface area (Å²) < 4.78 is 4.46. The second-order valence-electron chi connectivity index (χ2n) is 5.28. The van der Waals surface area contributed by atoms with Crippen LogP contribution >= 0.6 is 12.4 Å². The monoisotopic (exact) mass is 368 g/mol. The maximum absolute atomic E-state index is 10.8. The molecule has 1 heterocycles. The number of nitrogen functional groups attached to an aromatic ring is 1. The number of carbonyl (C=O) groups is 1. The van der Waals surface area contributed by atoms with Gasteiger partial charge in [0.25, 0.3) is 0 Å². The number of anilines is 1. The van der Waals surface area contributed by atoms with E-state index in [0.717, 1.165) is 50.6 Å². The van der Waals surface area contributed by atoms with Crippen molar-refractivity contribution < 1.29 is 9.53 Å². The van der Waals surface area contributed by atoms with Gasteiger partial charge in [-0.05, 0) is 32.1 Å². The van der Waals surface area contributed by atoms with E-state index in [1.54, 1.807) is 6.20 Å². The maximum Gasteiger partial charge on any atom is 0.322 e. The van der Waals surface area contributed by atoms with E-state index in [0.29, 0.717) is 12.4 Å². The molecule has 0 bridgehead atoms. The van der Waals surface area contributed by atoms with E-state index in [1.807, 2.05) is 0 Å². The first-order valence-electron chi connectivity index (χ1n) is 8.04. The van der Waals surface area contributed by atoms with Gasteiger partial charge in [0, 0.05) is 18.5 Å². The van der Waals surface area contributed by atoms with E-state index in [-0.39, 0.29) is 18.4 Å². The van der Waals surface area contributed by atoms with Gasteiger partial charge >= 0.3 is 5.97 Å². The predicted molar refractivity (Wildman–Crippen MR) is 104 cm³/mol. The molecule has 1 unspecified atom stereocenters. The lowest BCUT2D eigenvalue weighted by molar-refractivity contribution is -0.142. The van der Waals surface area contributed by atoms with E-state index < -0.39 is 6.04 Å². The van der Waals surface area contributed by atoms with Gasteiger partial charge in [-0.1, -0.05) is 6.42 Å². The van der Waals surface area contributed by atoms with Crippen LogP contribution in [0.1, 0.15) is 50.6 Å². The second kappa shape index (κ2) is 16.7. The van der Waals surface area contributed by atoms with E-state index in [1.165, 1.54) is 7.11 Å². The second-order valence-corrected chi connectivity index (χ2v) is 5.28. The number of methoxy groups -OCH3 is 1. The Kier molecular flexibility index (Phi) is 16.8. The summed E-state index contributed by atoms with van der Waals surface area (Å²) in [4.78, 5) is 17.7. The van der Waals surface area contributed by atoms with Gasteiger partial charge < -0.3 is 21.2 Å². The van der Waals surface area contributed by atoms with Crippen molar-refractivity contribution in [1.29, 1.82) is 0 Å². The molecular formula is C18H29ClN4O2. The van der Waals surface area contributed by atoms with Crippen molar-refractivity contribution in [3.05, 3.63) is 11.9 Å². The lowest BCUT2D eigenvalue weighted by Gasteiger charge is -2.07. The molecule has 1 aromatic rings. The molecule has 25 heavy (non-hydrogen) atoms. The summed E-state index contributed by atoms with van der Waals surface area (Å²) in [6.45, 7) is 0. The minimum Gasteiger partial charge on any atom is -0.468 e. The number of aryl methyl sites for hydroxylation is 1. The molecule has 1 rings (SSSR count). The van der Waals surface area contributed by atoms with Gasteiger partial charge in [0.2, 0.25) is 0 Å². The third-order valence-corrected chi connectivity index (χ3v) is 3.26. The number of carbonyl (C=O) groups excluding carboxylic acids is 1. The summed E-state index contributed by atoms with van der Waals surface area (Å²) in [7, 11) is 1.34. The van der Waals surface area contributed by atoms with Crippen molar-refractivity contribution in [1.82, 2.24) is 9.97 Å². The molecule has 0 radical (unpaired) electrons. The number of unbranched alkanes of at least 4 members (excludes halogenated alkanes) is 4. The number of imidazole rings is 1. The highest BCUT2D eigenvalue weighted by molar-refractivity contribution is 5.85. The molecular weight excluding hydrogens is 340 g/mol. The summed E-state index contributed by atoms with van der Waals surface area (Å²) in [5.74, 6) is 5.27. The fourth-order valence-electron chi connectivity index (χ4n) is 1.91. The molecule has 0 aromatic carbocycles. The number of nitrogens with one attached hydrogen (secondary N) is 1. The first-order chi connectivity index (χ1) is 11.5. The van der Waals surface area contributed by atoms with Crippen LogP contribution in [0.4, 0.5) is 5.95 Å². The summed E-state index contributed by atoms with van der Waals surface area (Å²) in [5.41, 5.74) is 12.0. The molecule has 6 nitrogen and oxygen atoms in total. The van der Waals surface area contributed by atoms with Gasteiger partial charge in [0.1, 0.15) is 6.04 Å². The first kappa shape index (κ1) is 25.1.